The van der Waals surface area contributed by atoms with E-state index in [2.05, 4.69) is 11.4 Å². The summed E-state index contributed by atoms with van der Waals surface area (Å²) in [5.41, 5.74) is 2.20. The van der Waals surface area contributed by atoms with Crippen molar-refractivity contribution in [3.63, 3.8) is 0 Å². The van der Waals surface area contributed by atoms with Gasteiger partial charge in [-0.2, -0.15) is 0 Å². The van der Waals surface area contributed by atoms with Crippen molar-refractivity contribution < 1.29 is 9.53 Å². The summed E-state index contributed by atoms with van der Waals surface area (Å²) in [7, 11) is 3.50. The monoisotopic (exact) mass is 246 g/mol. The fraction of sp³-hybridized carbons (Fsp3) is 0.500. The number of fused-ring (bicyclic) bond motifs is 3. The first-order chi connectivity index (χ1) is 8.74. The van der Waals surface area contributed by atoms with Gasteiger partial charge >= 0.3 is 0 Å². The highest BCUT2D eigenvalue weighted by Gasteiger charge is 2.41. The van der Waals surface area contributed by atoms with Gasteiger partial charge in [0.1, 0.15) is 5.75 Å². The van der Waals surface area contributed by atoms with Gasteiger partial charge in [-0.15, -0.1) is 0 Å². The van der Waals surface area contributed by atoms with Crippen molar-refractivity contribution in [2.45, 2.75) is 12.3 Å². The van der Waals surface area contributed by atoms with Crippen LogP contribution in [-0.4, -0.2) is 33.2 Å². The summed E-state index contributed by atoms with van der Waals surface area (Å²) in [6, 6.07) is 6.06. The molecule has 0 radical (unpaired) electrons. The minimum Gasteiger partial charge on any atom is -0.495 e. The molecule has 0 aromatic heterocycles. The van der Waals surface area contributed by atoms with Crippen LogP contribution < -0.4 is 15.0 Å². The van der Waals surface area contributed by atoms with Crippen molar-refractivity contribution in [2.24, 2.45) is 5.92 Å². The maximum Gasteiger partial charge on any atom is 0.231 e. The fourth-order valence-electron chi connectivity index (χ4n) is 3.21. The lowest BCUT2D eigenvalue weighted by molar-refractivity contribution is -0.123. The number of ether oxygens (including phenoxy) is 1. The van der Waals surface area contributed by atoms with E-state index in [0.717, 1.165) is 30.9 Å². The number of rotatable bonds is 1. The molecule has 18 heavy (non-hydrogen) atoms. The van der Waals surface area contributed by atoms with Crippen molar-refractivity contribution >= 4 is 11.6 Å². The van der Waals surface area contributed by atoms with Crippen LogP contribution >= 0.6 is 0 Å². The number of amides is 1. The quantitative estimate of drug-likeness (QED) is 0.813. The molecule has 2 heterocycles. The normalized spacial score (nSPS) is 26.6. The van der Waals surface area contributed by atoms with Gasteiger partial charge < -0.3 is 15.0 Å². The maximum absolute atomic E-state index is 12.4. The van der Waals surface area contributed by atoms with Crippen LogP contribution in [0.25, 0.3) is 0 Å². The van der Waals surface area contributed by atoms with E-state index < -0.39 is 0 Å². The first-order valence-corrected chi connectivity index (χ1v) is 6.39. The zero-order valence-electron chi connectivity index (χ0n) is 10.8. The van der Waals surface area contributed by atoms with Gasteiger partial charge in [0, 0.05) is 19.5 Å². The minimum atomic E-state index is 0.0726. The third-order valence-electron chi connectivity index (χ3n) is 4.11. The molecule has 0 saturated carbocycles. The number of hydrogen-bond donors (Lipinski definition) is 1. The van der Waals surface area contributed by atoms with Crippen LogP contribution in [-0.2, 0) is 4.79 Å². The number of nitrogens with one attached hydrogen (secondary N) is 1. The molecule has 4 nitrogen and oxygen atoms in total. The molecule has 2 unspecified atom stereocenters. The summed E-state index contributed by atoms with van der Waals surface area (Å²) < 4.78 is 5.40. The first-order valence-electron chi connectivity index (χ1n) is 6.39. The Labute approximate surface area is 107 Å². The van der Waals surface area contributed by atoms with Gasteiger partial charge in [-0.05, 0) is 24.6 Å². The Morgan fingerprint density at radius 3 is 3.00 bits per heavy atom. The number of para-hydroxylation sites is 1. The SMILES string of the molecule is COc1cccc2c1N(C)C(=O)C1CNCCC21. The largest absolute Gasteiger partial charge is 0.495 e. The highest BCUT2D eigenvalue weighted by Crippen LogP contribution is 2.45. The second kappa shape index (κ2) is 4.28. The lowest BCUT2D eigenvalue weighted by atomic mass is 9.76. The average molecular weight is 246 g/mol. The average Bonchev–Trinajstić information content (AvgIpc) is 2.44. The smallest absolute Gasteiger partial charge is 0.231 e. The third-order valence-corrected chi connectivity index (χ3v) is 4.11. The van der Waals surface area contributed by atoms with Crippen molar-refractivity contribution in [1.29, 1.82) is 0 Å². The molecule has 3 rings (SSSR count). The van der Waals surface area contributed by atoms with Crippen LogP contribution in [0.2, 0.25) is 0 Å². The van der Waals surface area contributed by atoms with Gasteiger partial charge in [0.25, 0.3) is 0 Å². The molecule has 0 aliphatic carbocycles. The minimum absolute atomic E-state index is 0.0726. The van der Waals surface area contributed by atoms with Crippen LogP contribution in [0.15, 0.2) is 18.2 Å². The first kappa shape index (κ1) is 11.5. The number of benzene rings is 1. The van der Waals surface area contributed by atoms with Gasteiger partial charge in [0.05, 0.1) is 18.7 Å². The van der Waals surface area contributed by atoms with E-state index in [1.54, 1.807) is 12.0 Å². The highest BCUT2D eigenvalue weighted by atomic mass is 16.5. The molecule has 1 fully saturated rings. The second-order valence-electron chi connectivity index (χ2n) is 5.00. The number of carbonyl (C=O) groups excluding carboxylic acids is 1. The molecule has 1 aromatic rings. The molecule has 1 saturated heterocycles. The van der Waals surface area contributed by atoms with E-state index in [1.165, 1.54) is 5.56 Å². The maximum atomic E-state index is 12.4. The van der Waals surface area contributed by atoms with Crippen LogP contribution in [0.4, 0.5) is 5.69 Å². The van der Waals surface area contributed by atoms with Crippen molar-refractivity contribution in [1.82, 2.24) is 5.32 Å². The van der Waals surface area contributed by atoms with E-state index in [9.17, 15) is 4.79 Å². The second-order valence-corrected chi connectivity index (χ2v) is 5.00. The van der Waals surface area contributed by atoms with E-state index >= 15 is 0 Å². The standard InChI is InChI=1S/C14H18N2O2/c1-16-13-10(4-3-5-12(13)18-2)9-6-7-15-8-11(9)14(16)17/h3-5,9,11,15H,6-8H2,1-2H3. The number of anilines is 1. The van der Waals surface area contributed by atoms with Crippen LogP contribution in [0.1, 0.15) is 17.9 Å². The molecule has 1 amide bonds. The van der Waals surface area contributed by atoms with E-state index in [4.69, 9.17) is 4.74 Å². The molecule has 0 spiro atoms. The van der Waals surface area contributed by atoms with Crippen molar-refractivity contribution in [3.05, 3.63) is 23.8 Å². The van der Waals surface area contributed by atoms with E-state index in [1.807, 2.05) is 19.2 Å². The molecule has 1 aromatic carbocycles. The zero-order chi connectivity index (χ0) is 12.7. The summed E-state index contributed by atoms with van der Waals surface area (Å²) >= 11 is 0. The predicted molar refractivity (Wildman–Crippen MR) is 70.1 cm³/mol. The van der Waals surface area contributed by atoms with Gasteiger partial charge in [-0.25, -0.2) is 0 Å². The van der Waals surface area contributed by atoms with Crippen molar-refractivity contribution in [2.75, 3.05) is 32.1 Å². The molecule has 2 aliphatic rings. The summed E-state index contributed by atoms with van der Waals surface area (Å²) in [5.74, 6) is 1.40. The predicted octanol–water partition coefficient (Wildman–Crippen LogP) is 1.36. The van der Waals surface area contributed by atoms with Gasteiger partial charge in [-0.3, -0.25) is 4.79 Å². The van der Waals surface area contributed by atoms with E-state index in [-0.39, 0.29) is 11.8 Å². The molecule has 4 heteroatoms. The Balaban J connectivity index is 2.15. The summed E-state index contributed by atoms with van der Waals surface area (Å²) in [4.78, 5) is 14.2. The van der Waals surface area contributed by atoms with Crippen LogP contribution in [0, 0.1) is 5.92 Å². The zero-order valence-corrected chi connectivity index (χ0v) is 10.8. The summed E-state index contributed by atoms with van der Waals surface area (Å²) in [5, 5.41) is 3.32. The molecule has 2 aliphatic heterocycles. The Kier molecular flexibility index (Phi) is 2.74. The van der Waals surface area contributed by atoms with E-state index in [0.29, 0.717) is 5.92 Å². The van der Waals surface area contributed by atoms with Gasteiger partial charge in [-0.1, -0.05) is 12.1 Å². The van der Waals surface area contributed by atoms with Gasteiger partial charge in [0.15, 0.2) is 0 Å². The number of hydrogen-bond acceptors (Lipinski definition) is 3. The molecule has 2 atom stereocenters. The van der Waals surface area contributed by atoms with Crippen LogP contribution in [0.3, 0.4) is 0 Å². The number of methoxy groups -OCH3 is 1. The highest BCUT2D eigenvalue weighted by molar-refractivity contribution is 6.00. The molecular formula is C14H18N2O2. The molecule has 1 N–H and O–H groups in total. The molecule has 96 valence electrons. The Morgan fingerprint density at radius 1 is 1.39 bits per heavy atom. The van der Waals surface area contributed by atoms with Crippen molar-refractivity contribution in [3.8, 4) is 5.75 Å². The summed E-state index contributed by atoms with van der Waals surface area (Å²) in [6.45, 7) is 1.76. The van der Waals surface area contributed by atoms with Crippen LogP contribution in [0.5, 0.6) is 5.75 Å². The molecule has 0 bridgehead atoms. The molecular weight excluding hydrogens is 228 g/mol. The Hall–Kier alpha value is -1.55. The number of piperidine rings is 1. The lowest BCUT2D eigenvalue weighted by Crippen LogP contribution is -2.49. The Morgan fingerprint density at radius 2 is 2.22 bits per heavy atom. The third kappa shape index (κ3) is 1.52. The topological polar surface area (TPSA) is 41.6 Å². The summed E-state index contributed by atoms with van der Waals surface area (Å²) in [6.07, 6.45) is 1.02. The van der Waals surface area contributed by atoms with Gasteiger partial charge in [0.2, 0.25) is 5.91 Å². The lowest BCUT2D eigenvalue weighted by Gasteiger charge is -2.41. The Bertz CT molecular complexity index is 487. The number of nitrogens with zero attached hydrogens (tertiary/aromatic N) is 1. The number of carbonyl (C=O) groups is 1. The fourth-order valence-corrected chi connectivity index (χ4v) is 3.21.